The zero-order chi connectivity index (χ0) is 12.2. The van der Waals surface area contributed by atoms with Crippen LogP contribution < -0.4 is 5.48 Å². The molecule has 3 N–H and O–H groups in total. The molecule has 1 aromatic carbocycles. The minimum atomic E-state index is -3.27. The molecular formula is C9H11NO5S. The van der Waals surface area contributed by atoms with E-state index in [4.69, 9.17) is 9.11 Å². The number of aldehydes is 1. The maximum Gasteiger partial charge on any atom is 0.276 e. The molecule has 6 nitrogen and oxygen atoms in total. The molecule has 1 amide bonds. The third kappa shape index (κ3) is 3.63. The molecule has 1 rings (SSSR count). The van der Waals surface area contributed by atoms with Gasteiger partial charge in [0.2, 0.25) is 0 Å². The summed E-state index contributed by atoms with van der Waals surface area (Å²) in [6.45, 7) is 0. The van der Waals surface area contributed by atoms with E-state index in [0.717, 1.165) is 6.26 Å². The molecule has 0 fully saturated rings. The molecule has 0 atom stereocenters. The summed E-state index contributed by atoms with van der Waals surface area (Å²) in [6, 6.07) is 6.07. The van der Waals surface area contributed by atoms with Crippen LogP contribution in [-0.4, -0.2) is 27.6 Å². The summed E-state index contributed by atoms with van der Waals surface area (Å²) in [4.78, 5) is 22.1. The van der Waals surface area contributed by atoms with E-state index in [9.17, 15) is 9.59 Å². The first-order chi connectivity index (χ1) is 7.44. The van der Waals surface area contributed by atoms with E-state index in [0.29, 0.717) is 6.29 Å². The van der Waals surface area contributed by atoms with Crippen molar-refractivity contribution in [3.8, 4) is 0 Å². The average Bonchev–Trinajstić information content (AvgIpc) is 2.25. The highest BCUT2D eigenvalue weighted by Crippen LogP contribution is 2.32. The van der Waals surface area contributed by atoms with Crippen molar-refractivity contribution in [2.75, 3.05) is 6.26 Å². The van der Waals surface area contributed by atoms with Crippen LogP contribution >= 0.6 is 10.9 Å². The number of benzene rings is 1. The smallest absolute Gasteiger partial charge is 0.276 e. The molecule has 0 bridgehead atoms. The molecule has 0 saturated carbocycles. The number of nitrogens with one attached hydrogen (secondary N) is 1. The van der Waals surface area contributed by atoms with Crippen molar-refractivity contribution in [1.82, 2.24) is 5.48 Å². The minimum Gasteiger partial charge on any atom is -0.307 e. The van der Waals surface area contributed by atoms with Gasteiger partial charge in [-0.05, 0) is 6.07 Å². The Balaban J connectivity index is 2.77. The van der Waals surface area contributed by atoms with Crippen molar-refractivity contribution < 1.29 is 23.0 Å². The van der Waals surface area contributed by atoms with Gasteiger partial charge in [0, 0.05) is 11.8 Å². The van der Waals surface area contributed by atoms with Crippen LogP contribution in [0.1, 0.15) is 20.7 Å². The molecule has 0 saturated heterocycles. The van der Waals surface area contributed by atoms with Crippen LogP contribution in [0.4, 0.5) is 0 Å². The first kappa shape index (κ1) is 12.7. The number of hydroxylamine groups is 1. The van der Waals surface area contributed by atoms with E-state index >= 15 is 0 Å². The summed E-state index contributed by atoms with van der Waals surface area (Å²) in [5, 5.41) is 0. The van der Waals surface area contributed by atoms with Crippen LogP contribution in [0.3, 0.4) is 0 Å². The molecule has 1 aromatic rings. The summed E-state index contributed by atoms with van der Waals surface area (Å²) in [6.07, 6.45) is 1.54. The number of carbonyl (C=O) groups excluding carboxylic acids is 2. The van der Waals surface area contributed by atoms with Crippen molar-refractivity contribution in [2.24, 2.45) is 0 Å². The zero-order valence-electron chi connectivity index (χ0n) is 8.41. The molecule has 88 valence electrons. The molecule has 0 aliphatic heterocycles. The fourth-order valence-corrected chi connectivity index (χ4v) is 1.21. The molecule has 0 heterocycles. The van der Waals surface area contributed by atoms with Gasteiger partial charge in [0.25, 0.3) is 5.91 Å². The zero-order valence-corrected chi connectivity index (χ0v) is 9.23. The highest BCUT2D eigenvalue weighted by Gasteiger charge is 2.15. The standard InChI is InChI=1S/C9H11NO5S/c1-16(13,14)15-10-9(12)8-5-3-2-4-7(8)6-11/h2-6,13-14H,1H3,(H,10,12). The molecule has 7 heteroatoms. The predicted molar refractivity (Wildman–Crippen MR) is 59.2 cm³/mol. The van der Waals surface area contributed by atoms with E-state index in [-0.39, 0.29) is 11.1 Å². The Bertz CT molecular complexity index is 401. The molecule has 0 spiro atoms. The lowest BCUT2D eigenvalue weighted by Crippen LogP contribution is -2.26. The Morgan fingerprint density at radius 2 is 2.06 bits per heavy atom. The third-order valence-electron chi connectivity index (χ3n) is 1.62. The number of hydrogen-bond acceptors (Lipinski definition) is 5. The van der Waals surface area contributed by atoms with Crippen molar-refractivity contribution in [1.29, 1.82) is 0 Å². The van der Waals surface area contributed by atoms with Crippen LogP contribution in [0.15, 0.2) is 24.3 Å². The molecule has 0 radical (unpaired) electrons. The molecular weight excluding hydrogens is 234 g/mol. The van der Waals surface area contributed by atoms with E-state index in [1.807, 2.05) is 5.48 Å². The molecule has 0 aliphatic carbocycles. The fourth-order valence-electron chi connectivity index (χ4n) is 0.978. The van der Waals surface area contributed by atoms with Crippen LogP contribution in [0, 0.1) is 0 Å². The summed E-state index contributed by atoms with van der Waals surface area (Å²) >= 11 is 0. The number of carbonyl (C=O) groups is 2. The normalized spacial score (nSPS) is 11.9. The first-order valence-corrected chi connectivity index (χ1v) is 6.08. The van der Waals surface area contributed by atoms with Crippen LogP contribution in [-0.2, 0) is 4.28 Å². The van der Waals surface area contributed by atoms with Gasteiger partial charge in [-0.3, -0.25) is 9.59 Å². The van der Waals surface area contributed by atoms with Crippen LogP contribution in [0.5, 0.6) is 0 Å². The summed E-state index contributed by atoms with van der Waals surface area (Å²) < 4.78 is 22.1. The van der Waals surface area contributed by atoms with Gasteiger partial charge in [-0.1, -0.05) is 18.2 Å². The lowest BCUT2D eigenvalue weighted by atomic mass is 10.1. The monoisotopic (exact) mass is 245 g/mol. The Kier molecular flexibility index (Phi) is 4.02. The van der Waals surface area contributed by atoms with Gasteiger partial charge < -0.3 is 9.11 Å². The van der Waals surface area contributed by atoms with E-state index in [1.54, 1.807) is 12.1 Å². The molecule has 16 heavy (non-hydrogen) atoms. The predicted octanol–water partition coefficient (Wildman–Crippen LogP) is 1.46. The maximum absolute atomic E-state index is 11.5. The summed E-state index contributed by atoms with van der Waals surface area (Å²) in [7, 11) is -3.27. The Morgan fingerprint density at radius 3 is 2.62 bits per heavy atom. The quantitative estimate of drug-likeness (QED) is 0.551. The van der Waals surface area contributed by atoms with Crippen molar-refractivity contribution in [2.45, 2.75) is 0 Å². The van der Waals surface area contributed by atoms with Gasteiger partial charge >= 0.3 is 0 Å². The van der Waals surface area contributed by atoms with E-state index in [2.05, 4.69) is 4.28 Å². The van der Waals surface area contributed by atoms with Crippen molar-refractivity contribution in [3.63, 3.8) is 0 Å². The topological polar surface area (TPSA) is 95.9 Å². The molecule has 0 aromatic heterocycles. The van der Waals surface area contributed by atoms with E-state index < -0.39 is 16.8 Å². The second-order valence-electron chi connectivity index (χ2n) is 2.98. The fraction of sp³-hybridized carbons (Fsp3) is 0.111. The van der Waals surface area contributed by atoms with Gasteiger partial charge in [-0.25, -0.2) is 5.48 Å². The van der Waals surface area contributed by atoms with Gasteiger partial charge in [0.1, 0.15) is 10.9 Å². The van der Waals surface area contributed by atoms with Crippen molar-refractivity contribution >= 4 is 23.1 Å². The van der Waals surface area contributed by atoms with Crippen molar-refractivity contribution in [3.05, 3.63) is 35.4 Å². The lowest BCUT2D eigenvalue weighted by molar-refractivity contribution is 0.0739. The van der Waals surface area contributed by atoms with Crippen LogP contribution in [0.2, 0.25) is 0 Å². The second-order valence-corrected chi connectivity index (χ2v) is 4.67. The third-order valence-corrected chi connectivity index (χ3v) is 2.02. The van der Waals surface area contributed by atoms with Gasteiger partial charge in [-0.2, -0.15) is 4.28 Å². The average molecular weight is 245 g/mol. The summed E-state index contributed by atoms with van der Waals surface area (Å²) in [5.41, 5.74) is 2.14. The number of amides is 1. The second kappa shape index (κ2) is 5.08. The Hall–Kier alpha value is -1.41. The van der Waals surface area contributed by atoms with Gasteiger partial charge in [0.15, 0.2) is 6.29 Å². The SMILES string of the molecule is CS(O)(O)ONC(=O)c1ccccc1C=O. The van der Waals surface area contributed by atoms with Crippen LogP contribution in [0.25, 0.3) is 0 Å². The Morgan fingerprint density at radius 1 is 1.44 bits per heavy atom. The largest absolute Gasteiger partial charge is 0.307 e. The number of hydrogen-bond donors (Lipinski definition) is 3. The van der Waals surface area contributed by atoms with E-state index in [1.165, 1.54) is 12.1 Å². The first-order valence-electron chi connectivity index (χ1n) is 4.20. The van der Waals surface area contributed by atoms with Gasteiger partial charge in [-0.15, -0.1) is 0 Å². The molecule has 0 unspecified atom stereocenters. The Labute approximate surface area is 93.7 Å². The minimum absolute atomic E-state index is 0.0983. The maximum atomic E-state index is 11.5. The highest BCUT2D eigenvalue weighted by molar-refractivity contribution is 8.19. The highest BCUT2D eigenvalue weighted by atomic mass is 32.3. The number of rotatable bonds is 4. The van der Waals surface area contributed by atoms with Gasteiger partial charge in [0.05, 0.1) is 5.56 Å². The lowest BCUT2D eigenvalue weighted by Gasteiger charge is -2.20. The molecule has 0 aliphatic rings. The summed E-state index contributed by atoms with van der Waals surface area (Å²) in [5.74, 6) is -0.718.